The number of nitrogens with zero attached hydrogens (tertiary/aromatic N) is 2. The third-order valence-corrected chi connectivity index (χ3v) is 3.48. The van der Waals surface area contributed by atoms with E-state index in [1.165, 1.54) is 19.3 Å². The third kappa shape index (κ3) is 2.84. The Morgan fingerprint density at radius 1 is 1.41 bits per heavy atom. The molecule has 2 rings (SSSR count). The third-order valence-electron chi connectivity index (χ3n) is 3.48. The quantitative estimate of drug-likeness (QED) is 0.735. The number of ketones is 1. The van der Waals surface area contributed by atoms with Gasteiger partial charge < -0.3 is 4.90 Å². The van der Waals surface area contributed by atoms with Crippen molar-refractivity contribution in [3.63, 3.8) is 0 Å². The summed E-state index contributed by atoms with van der Waals surface area (Å²) in [5.41, 5.74) is 0.752. The molecule has 3 nitrogen and oxygen atoms in total. The van der Waals surface area contributed by atoms with Gasteiger partial charge in [-0.2, -0.15) is 0 Å². The van der Waals surface area contributed by atoms with E-state index >= 15 is 0 Å². The zero-order valence-electron chi connectivity index (χ0n) is 10.6. The molecule has 1 aliphatic rings. The van der Waals surface area contributed by atoms with E-state index in [0.29, 0.717) is 0 Å². The lowest BCUT2D eigenvalue weighted by atomic mass is 10.0. The van der Waals surface area contributed by atoms with E-state index in [9.17, 15) is 4.79 Å². The fourth-order valence-corrected chi connectivity index (χ4v) is 2.40. The fraction of sp³-hybridized carbons (Fsp3) is 0.571. The van der Waals surface area contributed by atoms with Gasteiger partial charge in [-0.15, -0.1) is 0 Å². The summed E-state index contributed by atoms with van der Waals surface area (Å²) in [6, 6.07) is 3.71. The van der Waals surface area contributed by atoms with Crippen molar-refractivity contribution in [2.75, 3.05) is 18.0 Å². The highest BCUT2D eigenvalue weighted by Gasteiger charge is 2.18. The first kappa shape index (κ1) is 12.1. The lowest BCUT2D eigenvalue weighted by Gasteiger charge is -2.23. The molecule has 3 heteroatoms. The summed E-state index contributed by atoms with van der Waals surface area (Å²) in [5, 5.41) is 0. The molecule has 0 radical (unpaired) electrons. The van der Waals surface area contributed by atoms with Crippen molar-refractivity contribution in [3.05, 3.63) is 23.9 Å². The number of pyridine rings is 1. The van der Waals surface area contributed by atoms with Crippen LogP contribution in [0.5, 0.6) is 0 Å². The van der Waals surface area contributed by atoms with Gasteiger partial charge in [-0.3, -0.25) is 4.79 Å². The molecule has 1 aliphatic heterocycles. The molecule has 0 saturated carbocycles. The Morgan fingerprint density at radius 3 is 3.00 bits per heavy atom. The zero-order chi connectivity index (χ0) is 12.3. The van der Waals surface area contributed by atoms with Crippen LogP contribution >= 0.6 is 0 Å². The smallest absolute Gasteiger partial charge is 0.163 e. The highest BCUT2D eigenvalue weighted by Crippen LogP contribution is 2.23. The molecule has 1 atom stereocenters. The van der Waals surface area contributed by atoms with Crippen LogP contribution in [0, 0.1) is 5.92 Å². The molecule has 1 aromatic rings. The molecule has 0 spiro atoms. The number of Topliss-reactive ketones (excluding diaryl/α,β-unsaturated/α-hetero) is 1. The summed E-state index contributed by atoms with van der Waals surface area (Å²) < 4.78 is 0. The predicted octanol–water partition coefficient (Wildman–Crippen LogP) is 2.91. The van der Waals surface area contributed by atoms with Crippen LogP contribution in [0.1, 0.15) is 43.5 Å². The predicted molar refractivity (Wildman–Crippen MR) is 69.5 cm³/mol. The van der Waals surface area contributed by atoms with Gasteiger partial charge in [-0.05, 0) is 44.2 Å². The Hall–Kier alpha value is -1.38. The van der Waals surface area contributed by atoms with E-state index in [-0.39, 0.29) is 5.78 Å². The number of aromatic nitrogens is 1. The second-order valence-electron chi connectivity index (χ2n) is 4.95. The van der Waals surface area contributed by atoms with Gasteiger partial charge in [-0.1, -0.05) is 6.92 Å². The van der Waals surface area contributed by atoms with Crippen molar-refractivity contribution in [1.29, 1.82) is 0 Å². The normalized spacial score (nSPS) is 21.1. The van der Waals surface area contributed by atoms with Crippen molar-refractivity contribution in [3.8, 4) is 0 Å². The number of anilines is 1. The molecule has 0 aliphatic carbocycles. The first-order valence-electron chi connectivity index (χ1n) is 6.39. The van der Waals surface area contributed by atoms with Crippen LogP contribution in [0.25, 0.3) is 0 Å². The molecule has 2 heterocycles. The van der Waals surface area contributed by atoms with Crippen molar-refractivity contribution < 1.29 is 4.79 Å². The van der Waals surface area contributed by atoms with Gasteiger partial charge in [0.1, 0.15) is 5.82 Å². The van der Waals surface area contributed by atoms with E-state index in [2.05, 4.69) is 16.8 Å². The van der Waals surface area contributed by atoms with E-state index in [4.69, 9.17) is 0 Å². The molecule has 1 aromatic heterocycles. The van der Waals surface area contributed by atoms with Crippen LogP contribution < -0.4 is 4.90 Å². The van der Waals surface area contributed by atoms with Crippen molar-refractivity contribution in [2.45, 2.75) is 33.1 Å². The Kier molecular flexibility index (Phi) is 3.77. The number of carbonyl (C=O) groups is 1. The molecule has 0 bridgehead atoms. The monoisotopic (exact) mass is 232 g/mol. The zero-order valence-corrected chi connectivity index (χ0v) is 10.6. The minimum absolute atomic E-state index is 0.102. The Bertz CT molecular complexity index is 403. The summed E-state index contributed by atoms with van der Waals surface area (Å²) in [4.78, 5) is 18.3. The van der Waals surface area contributed by atoms with Crippen LogP contribution in [-0.2, 0) is 0 Å². The second-order valence-corrected chi connectivity index (χ2v) is 4.95. The van der Waals surface area contributed by atoms with Gasteiger partial charge >= 0.3 is 0 Å². The van der Waals surface area contributed by atoms with Gasteiger partial charge in [0.05, 0.1) is 5.56 Å². The van der Waals surface area contributed by atoms with E-state index < -0.39 is 0 Å². The Morgan fingerprint density at radius 2 is 2.24 bits per heavy atom. The molecule has 1 saturated heterocycles. The molecule has 92 valence electrons. The second kappa shape index (κ2) is 5.30. The highest BCUT2D eigenvalue weighted by molar-refractivity contribution is 5.98. The summed E-state index contributed by atoms with van der Waals surface area (Å²) in [7, 11) is 0. The summed E-state index contributed by atoms with van der Waals surface area (Å²) in [6.07, 6.45) is 5.43. The minimum atomic E-state index is 0.102. The minimum Gasteiger partial charge on any atom is -0.356 e. The molecule has 17 heavy (non-hydrogen) atoms. The first-order valence-corrected chi connectivity index (χ1v) is 6.39. The Labute approximate surface area is 103 Å². The average molecular weight is 232 g/mol. The van der Waals surface area contributed by atoms with Gasteiger partial charge in [0, 0.05) is 19.3 Å². The number of hydrogen-bond acceptors (Lipinski definition) is 3. The SMILES string of the molecule is CC(=O)c1cccnc1N1CCCC(C)CC1. The van der Waals surface area contributed by atoms with Crippen LogP contribution in [0.4, 0.5) is 5.82 Å². The fourth-order valence-electron chi connectivity index (χ4n) is 2.40. The number of carbonyl (C=O) groups excluding carboxylic acids is 1. The maximum absolute atomic E-state index is 11.6. The van der Waals surface area contributed by atoms with E-state index in [1.807, 2.05) is 12.1 Å². The van der Waals surface area contributed by atoms with Gasteiger partial charge in [0.15, 0.2) is 5.78 Å². The summed E-state index contributed by atoms with van der Waals surface area (Å²) in [6.45, 7) is 5.94. The summed E-state index contributed by atoms with van der Waals surface area (Å²) >= 11 is 0. The van der Waals surface area contributed by atoms with E-state index in [1.54, 1.807) is 13.1 Å². The average Bonchev–Trinajstić information content (AvgIpc) is 2.54. The van der Waals surface area contributed by atoms with Crippen molar-refractivity contribution in [1.82, 2.24) is 4.98 Å². The highest BCUT2D eigenvalue weighted by atomic mass is 16.1. The van der Waals surface area contributed by atoms with Crippen LogP contribution in [0.3, 0.4) is 0 Å². The molecule has 0 N–H and O–H groups in total. The van der Waals surface area contributed by atoms with Gasteiger partial charge in [-0.25, -0.2) is 4.98 Å². The molecule has 0 aromatic carbocycles. The van der Waals surface area contributed by atoms with Crippen molar-refractivity contribution in [2.24, 2.45) is 5.92 Å². The molecule has 0 amide bonds. The first-order chi connectivity index (χ1) is 8.18. The molecule has 1 fully saturated rings. The lowest BCUT2D eigenvalue weighted by Crippen LogP contribution is -2.26. The van der Waals surface area contributed by atoms with Crippen LogP contribution in [0.15, 0.2) is 18.3 Å². The Balaban J connectivity index is 2.24. The number of rotatable bonds is 2. The van der Waals surface area contributed by atoms with Crippen LogP contribution in [0.2, 0.25) is 0 Å². The number of hydrogen-bond donors (Lipinski definition) is 0. The lowest BCUT2D eigenvalue weighted by molar-refractivity contribution is 0.101. The molecule has 1 unspecified atom stereocenters. The maximum Gasteiger partial charge on any atom is 0.163 e. The largest absolute Gasteiger partial charge is 0.356 e. The topological polar surface area (TPSA) is 33.2 Å². The molecular formula is C14H20N2O. The van der Waals surface area contributed by atoms with Crippen molar-refractivity contribution >= 4 is 11.6 Å². The van der Waals surface area contributed by atoms with Gasteiger partial charge in [0.25, 0.3) is 0 Å². The van der Waals surface area contributed by atoms with Gasteiger partial charge in [0.2, 0.25) is 0 Å². The maximum atomic E-state index is 11.6. The summed E-state index contributed by atoms with van der Waals surface area (Å²) in [5.74, 6) is 1.75. The van der Waals surface area contributed by atoms with E-state index in [0.717, 1.165) is 30.4 Å². The van der Waals surface area contributed by atoms with Crippen LogP contribution in [-0.4, -0.2) is 23.9 Å². The standard InChI is InChI=1S/C14H20N2O/c1-11-5-4-9-16(10-7-11)14-13(12(2)17)6-3-8-15-14/h3,6,8,11H,4-5,7,9-10H2,1-2H3. The molecular weight excluding hydrogens is 212 g/mol.